The molecule has 20 heavy (non-hydrogen) atoms. The average molecular weight is 314 g/mol. The average Bonchev–Trinajstić information content (AvgIpc) is 2.88. The first-order valence-corrected chi connectivity index (χ1v) is 8.24. The molecule has 2 nitrogen and oxygen atoms in total. The second-order valence-corrected chi connectivity index (χ2v) is 6.85. The maximum atomic E-state index is 6.08. The first kappa shape index (κ1) is 14.5. The van der Waals surface area contributed by atoms with E-state index in [2.05, 4.69) is 12.2 Å². The van der Waals surface area contributed by atoms with Crippen LogP contribution in [0.15, 0.2) is 18.2 Å². The van der Waals surface area contributed by atoms with Crippen molar-refractivity contribution in [2.24, 2.45) is 5.41 Å². The maximum Gasteiger partial charge on any atom is 0.0670 e. The largest absolute Gasteiger partial charge is 0.381 e. The van der Waals surface area contributed by atoms with Gasteiger partial charge < -0.3 is 10.1 Å². The molecule has 3 rings (SSSR count). The van der Waals surface area contributed by atoms with E-state index in [1.54, 1.807) is 6.07 Å². The number of hydrogen-bond acceptors (Lipinski definition) is 2. The van der Waals surface area contributed by atoms with Crippen LogP contribution in [-0.4, -0.2) is 18.8 Å². The van der Waals surface area contributed by atoms with Gasteiger partial charge >= 0.3 is 0 Å². The van der Waals surface area contributed by atoms with Crippen LogP contribution in [0, 0.1) is 5.41 Å². The quantitative estimate of drug-likeness (QED) is 0.830. The van der Waals surface area contributed by atoms with Crippen LogP contribution in [0.4, 0.5) is 5.69 Å². The van der Waals surface area contributed by atoms with Gasteiger partial charge in [-0.25, -0.2) is 0 Å². The Hall–Kier alpha value is -0.440. The molecule has 0 aromatic heterocycles. The molecular weight excluding hydrogens is 293 g/mol. The van der Waals surface area contributed by atoms with E-state index in [1.165, 1.54) is 25.7 Å². The summed E-state index contributed by atoms with van der Waals surface area (Å²) in [6.07, 6.45) is 6.67. The maximum absolute atomic E-state index is 6.08. The van der Waals surface area contributed by atoms with Gasteiger partial charge in [0.2, 0.25) is 0 Å². The van der Waals surface area contributed by atoms with Crippen molar-refractivity contribution < 1.29 is 4.74 Å². The van der Waals surface area contributed by atoms with E-state index >= 15 is 0 Å². The predicted molar refractivity (Wildman–Crippen MR) is 84.8 cm³/mol. The fourth-order valence-corrected chi connectivity index (χ4v) is 4.45. The number of hydrogen-bond donors (Lipinski definition) is 1. The lowest BCUT2D eigenvalue weighted by atomic mass is 9.60. The Kier molecular flexibility index (Phi) is 4.16. The van der Waals surface area contributed by atoms with Gasteiger partial charge in [0.05, 0.1) is 6.10 Å². The first-order valence-electron chi connectivity index (χ1n) is 7.48. The smallest absolute Gasteiger partial charge is 0.0670 e. The Balaban J connectivity index is 1.74. The lowest BCUT2D eigenvalue weighted by Gasteiger charge is -2.54. The summed E-state index contributed by atoms with van der Waals surface area (Å²) in [5.74, 6) is 0. The fraction of sp³-hybridized carbons (Fsp3) is 0.625. The molecular formula is C16H21Cl2NO. The van der Waals surface area contributed by atoms with Crippen LogP contribution >= 0.6 is 23.2 Å². The van der Waals surface area contributed by atoms with Crippen molar-refractivity contribution in [1.29, 1.82) is 0 Å². The highest BCUT2D eigenvalue weighted by Crippen LogP contribution is 2.55. The van der Waals surface area contributed by atoms with Gasteiger partial charge in [0.15, 0.2) is 0 Å². The number of halogens is 2. The monoisotopic (exact) mass is 313 g/mol. The molecule has 2 aliphatic carbocycles. The summed E-state index contributed by atoms with van der Waals surface area (Å²) >= 11 is 12.2. The van der Waals surface area contributed by atoms with E-state index in [0.29, 0.717) is 27.6 Å². The molecule has 0 aliphatic heterocycles. The number of benzene rings is 1. The molecule has 0 bridgehead atoms. The molecule has 0 radical (unpaired) electrons. The van der Waals surface area contributed by atoms with Gasteiger partial charge in [-0.3, -0.25) is 0 Å². The van der Waals surface area contributed by atoms with Crippen LogP contribution in [0.5, 0.6) is 0 Å². The number of nitrogens with one attached hydrogen (secondary N) is 1. The van der Waals surface area contributed by atoms with Crippen LogP contribution in [0.1, 0.15) is 39.0 Å². The van der Waals surface area contributed by atoms with Crippen LogP contribution in [0.2, 0.25) is 10.0 Å². The Bertz CT molecular complexity index is 465. The highest BCUT2D eigenvalue weighted by Gasteiger charge is 2.56. The van der Waals surface area contributed by atoms with Gasteiger partial charge in [-0.15, -0.1) is 0 Å². The zero-order chi connectivity index (χ0) is 14.2. The molecule has 2 unspecified atom stereocenters. The Morgan fingerprint density at radius 1 is 1.20 bits per heavy atom. The topological polar surface area (TPSA) is 21.3 Å². The second kappa shape index (κ2) is 5.75. The van der Waals surface area contributed by atoms with Gasteiger partial charge in [0, 0.05) is 33.8 Å². The van der Waals surface area contributed by atoms with Crippen molar-refractivity contribution in [2.45, 2.75) is 51.2 Å². The van der Waals surface area contributed by atoms with E-state index in [1.807, 2.05) is 12.1 Å². The summed E-state index contributed by atoms with van der Waals surface area (Å²) in [6.45, 7) is 2.89. The van der Waals surface area contributed by atoms with Crippen LogP contribution in [0.3, 0.4) is 0 Å². The predicted octanol–water partition coefficient (Wildman–Crippen LogP) is 5.14. The lowest BCUT2D eigenvalue weighted by Crippen LogP contribution is -2.60. The lowest BCUT2D eigenvalue weighted by molar-refractivity contribution is -0.114. The molecule has 110 valence electrons. The van der Waals surface area contributed by atoms with Crippen LogP contribution < -0.4 is 5.32 Å². The third kappa shape index (κ3) is 2.54. The van der Waals surface area contributed by atoms with E-state index in [9.17, 15) is 0 Å². The van der Waals surface area contributed by atoms with Crippen LogP contribution in [0.25, 0.3) is 0 Å². The Morgan fingerprint density at radius 3 is 2.45 bits per heavy atom. The molecule has 1 spiro atoms. The molecule has 2 atom stereocenters. The van der Waals surface area contributed by atoms with Gasteiger partial charge in [-0.05, 0) is 44.4 Å². The molecule has 1 aromatic carbocycles. The minimum Gasteiger partial charge on any atom is -0.381 e. The van der Waals surface area contributed by atoms with Gasteiger partial charge in [0.25, 0.3) is 0 Å². The minimum atomic E-state index is 0.324. The minimum absolute atomic E-state index is 0.324. The van der Waals surface area contributed by atoms with E-state index in [4.69, 9.17) is 27.9 Å². The number of rotatable bonds is 4. The molecule has 0 amide bonds. The Labute approximate surface area is 130 Å². The van der Waals surface area contributed by atoms with Crippen LogP contribution in [-0.2, 0) is 4.74 Å². The van der Waals surface area contributed by atoms with Crippen molar-refractivity contribution in [2.75, 3.05) is 11.9 Å². The first-order chi connectivity index (χ1) is 9.64. The van der Waals surface area contributed by atoms with E-state index in [-0.39, 0.29) is 0 Å². The second-order valence-electron chi connectivity index (χ2n) is 5.98. The third-order valence-electron chi connectivity index (χ3n) is 4.89. The van der Waals surface area contributed by atoms with Crippen molar-refractivity contribution >= 4 is 28.9 Å². The summed E-state index contributed by atoms with van der Waals surface area (Å²) < 4.78 is 5.94. The summed E-state index contributed by atoms with van der Waals surface area (Å²) in [7, 11) is 0. The summed E-state index contributed by atoms with van der Waals surface area (Å²) in [5.41, 5.74) is 1.35. The SMILES string of the molecule is CCOC1CC(Nc2cc(Cl)cc(Cl)c2)C12CCCC2. The third-order valence-corrected chi connectivity index (χ3v) is 5.33. The van der Waals surface area contributed by atoms with E-state index < -0.39 is 0 Å². The standard InChI is InChI=1S/C16H21Cl2NO/c1-2-20-15-10-14(16(15)5-3-4-6-16)19-13-8-11(17)7-12(18)9-13/h7-9,14-15,19H,2-6,10H2,1H3. The summed E-state index contributed by atoms with van der Waals surface area (Å²) in [5, 5.41) is 5.00. The van der Waals surface area contributed by atoms with Gasteiger partial charge in [-0.1, -0.05) is 36.0 Å². The Morgan fingerprint density at radius 2 is 1.85 bits per heavy atom. The normalized spacial score (nSPS) is 27.6. The molecule has 1 N–H and O–H groups in total. The zero-order valence-corrected chi connectivity index (χ0v) is 13.3. The van der Waals surface area contributed by atoms with Crippen molar-refractivity contribution in [3.8, 4) is 0 Å². The van der Waals surface area contributed by atoms with Gasteiger partial charge in [0.1, 0.15) is 0 Å². The molecule has 1 aromatic rings. The highest BCUT2D eigenvalue weighted by atomic mass is 35.5. The van der Waals surface area contributed by atoms with Gasteiger partial charge in [-0.2, -0.15) is 0 Å². The molecule has 2 fully saturated rings. The van der Waals surface area contributed by atoms with Crippen molar-refractivity contribution in [3.63, 3.8) is 0 Å². The summed E-state index contributed by atoms with van der Waals surface area (Å²) in [4.78, 5) is 0. The molecule has 0 heterocycles. The number of ether oxygens (including phenoxy) is 1. The molecule has 4 heteroatoms. The number of anilines is 1. The molecule has 0 saturated heterocycles. The highest BCUT2D eigenvalue weighted by molar-refractivity contribution is 6.35. The van der Waals surface area contributed by atoms with E-state index in [0.717, 1.165) is 18.7 Å². The summed E-state index contributed by atoms with van der Waals surface area (Å²) in [6, 6.07) is 6.15. The molecule has 2 saturated carbocycles. The zero-order valence-electron chi connectivity index (χ0n) is 11.8. The fourth-order valence-electron chi connectivity index (χ4n) is 3.93. The van der Waals surface area contributed by atoms with Crippen molar-refractivity contribution in [1.82, 2.24) is 0 Å². The van der Waals surface area contributed by atoms with Crippen molar-refractivity contribution in [3.05, 3.63) is 28.2 Å². The molecule has 2 aliphatic rings.